The zero-order valence-electron chi connectivity index (χ0n) is 21.2. The second kappa shape index (κ2) is 10.9. The lowest BCUT2D eigenvalue weighted by Gasteiger charge is -2.40. The molecule has 1 N–H and O–H groups in total. The number of likely N-dealkylation sites (N-methyl/N-ethyl adjacent to an activating group) is 1. The number of aliphatic hydroxyl groups is 1. The normalized spacial score (nSPS) is 25.1. The summed E-state index contributed by atoms with van der Waals surface area (Å²) in [6.45, 7) is 2.36. The fourth-order valence-electron chi connectivity index (χ4n) is 6.01. The SMILES string of the molecule is CN1C(c2cccc(OC(F)(F)F)c2)=NC(c2ccncc2)C1C(=O)N1CCC(N2CCC[C@H]2CO)CC1. The van der Waals surface area contributed by atoms with E-state index < -0.39 is 18.4 Å². The van der Waals surface area contributed by atoms with Gasteiger partial charge in [0, 0.05) is 50.2 Å². The number of likely N-dealkylation sites (tertiary alicyclic amines) is 2. The quantitative estimate of drug-likeness (QED) is 0.617. The molecule has 1 aromatic heterocycles. The number of pyridine rings is 1. The molecular formula is C27H32F3N5O3. The summed E-state index contributed by atoms with van der Waals surface area (Å²) in [4.78, 5) is 28.9. The number of carbonyl (C=O) groups is 1. The van der Waals surface area contributed by atoms with Gasteiger partial charge in [-0.2, -0.15) is 0 Å². The van der Waals surface area contributed by atoms with Crippen LogP contribution in [0.15, 0.2) is 53.8 Å². The minimum Gasteiger partial charge on any atom is -0.406 e. The number of carbonyl (C=O) groups excluding carboxylic acids is 1. The van der Waals surface area contributed by atoms with Gasteiger partial charge in [-0.3, -0.25) is 19.7 Å². The van der Waals surface area contributed by atoms with Crippen molar-refractivity contribution in [3.05, 3.63) is 59.9 Å². The number of aliphatic hydroxyl groups excluding tert-OH is 1. The number of amides is 1. The third-order valence-electron chi connectivity index (χ3n) is 7.82. The Bertz CT molecular complexity index is 1150. The fraction of sp³-hybridized carbons (Fsp3) is 0.519. The van der Waals surface area contributed by atoms with Crippen molar-refractivity contribution < 1.29 is 27.8 Å². The van der Waals surface area contributed by atoms with E-state index in [2.05, 4.69) is 14.6 Å². The summed E-state index contributed by atoms with van der Waals surface area (Å²) < 4.78 is 42.6. The van der Waals surface area contributed by atoms with Crippen molar-refractivity contribution in [1.82, 2.24) is 19.7 Å². The first-order valence-electron chi connectivity index (χ1n) is 13.0. The highest BCUT2D eigenvalue weighted by molar-refractivity contribution is 6.04. The van der Waals surface area contributed by atoms with Crippen LogP contribution in [0.3, 0.4) is 0 Å². The predicted molar refractivity (Wildman–Crippen MR) is 135 cm³/mol. The highest BCUT2D eigenvalue weighted by Gasteiger charge is 2.44. The molecule has 3 atom stereocenters. The molecule has 38 heavy (non-hydrogen) atoms. The Balaban J connectivity index is 1.36. The number of piperidine rings is 1. The van der Waals surface area contributed by atoms with Crippen molar-refractivity contribution in [2.45, 2.75) is 56.2 Å². The number of amidine groups is 1. The monoisotopic (exact) mass is 531 g/mol. The highest BCUT2D eigenvalue weighted by Crippen LogP contribution is 2.35. The smallest absolute Gasteiger partial charge is 0.406 e. The standard InChI is InChI=1S/C27H32F3N5O3/c1-33-24(26(37)34-14-9-20(10-15-34)35-13-3-5-21(35)17-36)23(18-7-11-31-12-8-18)32-25(33)19-4-2-6-22(16-19)38-27(28,29)30/h2,4,6-8,11-12,16,20-21,23-24,36H,3,5,9-10,13-15,17H2,1H3/t21-,23?,24?/m0/s1. The van der Waals surface area contributed by atoms with Crippen LogP contribution in [0.4, 0.5) is 13.2 Å². The molecule has 8 nitrogen and oxygen atoms in total. The average Bonchev–Trinajstić information content (AvgIpc) is 3.52. The third-order valence-corrected chi connectivity index (χ3v) is 7.82. The van der Waals surface area contributed by atoms with Gasteiger partial charge in [-0.1, -0.05) is 12.1 Å². The van der Waals surface area contributed by atoms with Gasteiger partial charge in [0.2, 0.25) is 5.91 Å². The van der Waals surface area contributed by atoms with Crippen molar-refractivity contribution in [3.63, 3.8) is 0 Å². The Morgan fingerprint density at radius 3 is 2.53 bits per heavy atom. The maximum Gasteiger partial charge on any atom is 0.573 e. The summed E-state index contributed by atoms with van der Waals surface area (Å²) in [7, 11) is 1.75. The number of ether oxygens (including phenoxy) is 1. The molecule has 0 bridgehead atoms. The van der Waals surface area contributed by atoms with Gasteiger partial charge in [0.1, 0.15) is 23.7 Å². The van der Waals surface area contributed by atoms with E-state index in [9.17, 15) is 23.1 Å². The summed E-state index contributed by atoms with van der Waals surface area (Å²) in [6.07, 6.45) is 2.24. The number of hydrogen-bond donors (Lipinski definition) is 1. The molecule has 2 saturated heterocycles. The zero-order chi connectivity index (χ0) is 26.9. The summed E-state index contributed by atoms with van der Waals surface area (Å²) in [6, 6.07) is 8.65. The van der Waals surface area contributed by atoms with Gasteiger partial charge in [-0.25, -0.2) is 0 Å². The van der Waals surface area contributed by atoms with Crippen LogP contribution >= 0.6 is 0 Å². The van der Waals surface area contributed by atoms with Crippen LogP contribution in [-0.4, -0.2) is 94.3 Å². The largest absolute Gasteiger partial charge is 0.573 e. The molecule has 2 unspecified atom stereocenters. The molecule has 11 heteroatoms. The van der Waals surface area contributed by atoms with Crippen LogP contribution in [0.25, 0.3) is 0 Å². The van der Waals surface area contributed by atoms with E-state index in [1.54, 1.807) is 30.4 Å². The van der Waals surface area contributed by atoms with E-state index in [0.717, 1.165) is 37.8 Å². The van der Waals surface area contributed by atoms with E-state index in [1.807, 2.05) is 17.0 Å². The molecule has 0 saturated carbocycles. The van der Waals surface area contributed by atoms with E-state index in [0.29, 0.717) is 30.5 Å². The molecule has 3 aliphatic heterocycles. The minimum atomic E-state index is -4.81. The first-order valence-corrected chi connectivity index (χ1v) is 13.0. The zero-order valence-corrected chi connectivity index (χ0v) is 21.2. The number of aliphatic imine (C=N–C) groups is 1. The van der Waals surface area contributed by atoms with E-state index in [1.165, 1.54) is 18.2 Å². The van der Waals surface area contributed by atoms with Crippen LogP contribution in [0.2, 0.25) is 0 Å². The molecule has 2 aromatic rings. The number of alkyl halides is 3. The topological polar surface area (TPSA) is 81.5 Å². The van der Waals surface area contributed by atoms with Crippen LogP contribution in [0.5, 0.6) is 5.75 Å². The molecule has 5 rings (SSSR count). The van der Waals surface area contributed by atoms with Crippen LogP contribution in [0.1, 0.15) is 42.9 Å². The lowest BCUT2D eigenvalue weighted by molar-refractivity contribution is -0.274. The molecule has 0 aliphatic carbocycles. The summed E-state index contributed by atoms with van der Waals surface area (Å²) in [5.41, 5.74) is 1.24. The molecule has 4 heterocycles. The number of nitrogens with zero attached hydrogens (tertiary/aromatic N) is 5. The van der Waals surface area contributed by atoms with Crippen molar-refractivity contribution in [2.75, 3.05) is 33.3 Å². The fourth-order valence-corrected chi connectivity index (χ4v) is 6.01. The molecule has 2 fully saturated rings. The van der Waals surface area contributed by atoms with Gasteiger partial charge < -0.3 is 19.6 Å². The molecule has 0 radical (unpaired) electrons. The molecular weight excluding hydrogens is 499 g/mol. The Labute approximate surface area is 219 Å². The molecule has 1 amide bonds. The third kappa shape index (κ3) is 5.49. The van der Waals surface area contributed by atoms with Gasteiger partial charge in [-0.15, -0.1) is 13.2 Å². The minimum absolute atomic E-state index is 0.0608. The second-order valence-corrected chi connectivity index (χ2v) is 10.1. The number of aromatic nitrogens is 1. The number of halogens is 3. The summed E-state index contributed by atoms with van der Waals surface area (Å²) >= 11 is 0. The Hall–Kier alpha value is -3.18. The lowest BCUT2D eigenvalue weighted by Crippen LogP contribution is -2.53. The van der Waals surface area contributed by atoms with Gasteiger partial charge in [0.05, 0.1) is 6.61 Å². The first kappa shape index (κ1) is 26.4. The Morgan fingerprint density at radius 2 is 1.84 bits per heavy atom. The summed E-state index contributed by atoms with van der Waals surface area (Å²) in [5.74, 6) is 0.0244. The number of hydrogen-bond acceptors (Lipinski definition) is 7. The highest BCUT2D eigenvalue weighted by atomic mass is 19.4. The lowest BCUT2D eigenvalue weighted by atomic mass is 9.97. The number of benzene rings is 1. The van der Waals surface area contributed by atoms with E-state index >= 15 is 0 Å². The summed E-state index contributed by atoms with van der Waals surface area (Å²) in [5, 5.41) is 9.72. The van der Waals surface area contributed by atoms with Crippen molar-refractivity contribution in [2.24, 2.45) is 4.99 Å². The van der Waals surface area contributed by atoms with Crippen molar-refractivity contribution in [1.29, 1.82) is 0 Å². The molecule has 204 valence electrons. The van der Waals surface area contributed by atoms with Gasteiger partial charge in [0.25, 0.3) is 0 Å². The molecule has 3 aliphatic rings. The Kier molecular flexibility index (Phi) is 7.58. The second-order valence-electron chi connectivity index (χ2n) is 10.1. The van der Waals surface area contributed by atoms with Crippen molar-refractivity contribution in [3.8, 4) is 5.75 Å². The van der Waals surface area contributed by atoms with E-state index in [4.69, 9.17) is 4.99 Å². The van der Waals surface area contributed by atoms with Gasteiger partial charge in [0.15, 0.2) is 0 Å². The average molecular weight is 532 g/mol. The number of rotatable bonds is 6. The maximum absolute atomic E-state index is 13.9. The predicted octanol–water partition coefficient (Wildman–Crippen LogP) is 3.23. The first-order chi connectivity index (χ1) is 18.2. The van der Waals surface area contributed by atoms with E-state index in [-0.39, 0.29) is 24.3 Å². The van der Waals surface area contributed by atoms with Crippen molar-refractivity contribution >= 4 is 11.7 Å². The van der Waals surface area contributed by atoms with Crippen LogP contribution < -0.4 is 4.74 Å². The van der Waals surface area contributed by atoms with Crippen LogP contribution in [-0.2, 0) is 4.79 Å². The van der Waals surface area contributed by atoms with Crippen LogP contribution in [0, 0.1) is 0 Å². The molecule has 1 aromatic carbocycles. The Morgan fingerprint density at radius 1 is 1.11 bits per heavy atom. The van der Waals surface area contributed by atoms with Gasteiger partial charge in [-0.05, 0) is 62.1 Å². The maximum atomic E-state index is 13.9. The molecule has 0 spiro atoms. The van der Waals surface area contributed by atoms with Gasteiger partial charge >= 0.3 is 6.36 Å².